The Morgan fingerprint density at radius 2 is 2.04 bits per heavy atom. The smallest absolute Gasteiger partial charge is 0.0731 e. The molecule has 3 nitrogen and oxygen atoms in total. The van der Waals surface area contributed by atoms with E-state index in [1.165, 1.54) is 62.0 Å². The van der Waals surface area contributed by atoms with Crippen molar-refractivity contribution in [3.8, 4) is 0 Å². The predicted octanol–water partition coefficient (Wildman–Crippen LogP) is 3.33. The summed E-state index contributed by atoms with van der Waals surface area (Å²) in [4.78, 5) is 7.32. The van der Waals surface area contributed by atoms with Gasteiger partial charge in [-0.25, -0.2) is 0 Å². The monoisotopic (exact) mass is 309 g/mol. The van der Waals surface area contributed by atoms with E-state index in [2.05, 4.69) is 54.7 Å². The minimum atomic E-state index is 0.469. The molecule has 0 amide bonds. The number of rotatable bonds is 1. The van der Waals surface area contributed by atoms with E-state index in [-0.39, 0.29) is 0 Å². The van der Waals surface area contributed by atoms with Gasteiger partial charge < -0.3 is 10.2 Å². The van der Waals surface area contributed by atoms with E-state index < -0.39 is 0 Å². The number of benzene rings is 1. The number of likely N-dealkylation sites (tertiary alicyclic amines) is 1. The lowest BCUT2D eigenvalue weighted by Crippen LogP contribution is -2.49. The van der Waals surface area contributed by atoms with Gasteiger partial charge in [0.15, 0.2) is 0 Å². The molecule has 1 spiro atoms. The van der Waals surface area contributed by atoms with E-state index in [0.29, 0.717) is 11.3 Å². The van der Waals surface area contributed by atoms with Gasteiger partial charge in [-0.05, 0) is 75.5 Å². The van der Waals surface area contributed by atoms with Crippen LogP contribution in [0.15, 0.2) is 30.5 Å². The van der Waals surface area contributed by atoms with Crippen molar-refractivity contribution in [1.82, 2.24) is 15.2 Å². The first-order valence-electron chi connectivity index (χ1n) is 8.92. The molecule has 0 radical (unpaired) electrons. The summed E-state index contributed by atoms with van der Waals surface area (Å²) in [6.07, 6.45) is 6.08. The number of likely N-dealkylation sites (N-methyl/N-ethyl adjacent to an activating group) is 1. The van der Waals surface area contributed by atoms with Gasteiger partial charge in [-0.2, -0.15) is 0 Å². The number of piperidine rings is 2. The lowest BCUT2D eigenvalue weighted by Gasteiger charge is -2.49. The van der Waals surface area contributed by atoms with Crippen molar-refractivity contribution in [2.75, 3.05) is 33.2 Å². The molecule has 2 aliphatic heterocycles. The highest BCUT2D eigenvalue weighted by molar-refractivity contribution is 5.82. The Labute approximate surface area is 139 Å². The SMILES string of the molecule is Cc1cccc2cc(C3CN(C)CCC34CCNCC4)cnc12. The number of hydrogen-bond acceptors (Lipinski definition) is 3. The zero-order chi connectivity index (χ0) is 15.9. The average Bonchev–Trinajstić information content (AvgIpc) is 2.58. The molecule has 122 valence electrons. The molecule has 2 aromatic rings. The molecular formula is C20H27N3. The van der Waals surface area contributed by atoms with Crippen LogP contribution < -0.4 is 5.32 Å². The number of hydrogen-bond donors (Lipinski definition) is 1. The van der Waals surface area contributed by atoms with E-state index in [0.717, 1.165) is 5.52 Å². The van der Waals surface area contributed by atoms with Crippen LogP contribution in [0.2, 0.25) is 0 Å². The van der Waals surface area contributed by atoms with Crippen molar-refractivity contribution in [3.63, 3.8) is 0 Å². The molecule has 0 saturated carbocycles. The fourth-order valence-corrected chi connectivity index (χ4v) is 4.69. The average molecular weight is 309 g/mol. The Morgan fingerprint density at radius 1 is 1.22 bits per heavy atom. The third-order valence-corrected chi connectivity index (χ3v) is 6.16. The van der Waals surface area contributed by atoms with Gasteiger partial charge in [0.2, 0.25) is 0 Å². The number of aryl methyl sites for hydroxylation is 1. The van der Waals surface area contributed by atoms with Crippen LogP contribution in [0, 0.1) is 12.3 Å². The largest absolute Gasteiger partial charge is 0.317 e. The first-order valence-corrected chi connectivity index (χ1v) is 8.92. The Morgan fingerprint density at radius 3 is 2.87 bits per heavy atom. The topological polar surface area (TPSA) is 28.2 Å². The molecule has 2 saturated heterocycles. The standard InChI is InChI=1S/C20H27N3/c1-15-4-3-5-16-12-17(13-22-19(15)16)18-14-23(2)11-8-20(18)6-9-21-10-7-20/h3-5,12-13,18,21H,6-11,14H2,1-2H3. The second-order valence-corrected chi connectivity index (χ2v) is 7.59. The summed E-state index contributed by atoms with van der Waals surface area (Å²) in [7, 11) is 2.26. The van der Waals surface area contributed by atoms with Crippen LogP contribution in [0.1, 0.15) is 36.3 Å². The van der Waals surface area contributed by atoms with Crippen molar-refractivity contribution in [2.45, 2.75) is 32.1 Å². The first kappa shape index (κ1) is 15.1. The summed E-state index contributed by atoms with van der Waals surface area (Å²) in [5.41, 5.74) is 4.33. The highest BCUT2D eigenvalue weighted by Gasteiger charge is 2.43. The van der Waals surface area contributed by atoms with Gasteiger partial charge in [-0.3, -0.25) is 4.98 Å². The minimum absolute atomic E-state index is 0.469. The van der Waals surface area contributed by atoms with Crippen molar-refractivity contribution in [1.29, 1.82) is 0 Å². The van der Waals surface area contributed by atoms with E-state index in [9.17, 15) is 0 Å². The fourth-order valence-electron chi connectivity index (χ4n) is 4.69. The fraction of sp³-hybridized carbons (Fsp3) is 0.550. The molecule has 0 bridgehead atoms. The quantitative estimate of drug-likeness (QED) is 0.876. The third kappa shape index (κ3) is 2.66. The molecule has 4 rings (SSSR count). The molecule has 23 heavy (non-hydrogen) atoms. The zero-order valence-electron chi connectivity index (χ0n) is 14.3. The second-order valence-electron chi connectivity index (χ2n) is 7.59. The molecule has 3 heterocycles. The molecule has 0 aliphatic carbocycles. The van der Waals surface area contributed by atoms with Crippen LogP contribution in [0.5, 0.6) is 0 Å². The summed E-state index contributed by atoms with van der Waals surface area (Å²) in [6, 6.07) is 8.91. The van der Waals surface area contributed by atoms with Gasteiger partial charge in [-0.1, -0.05) is 18.2 Å². The maximum absolute atomic E-state index is 4.82. The van der Waals surface area contributed by atoms with Crippen molar-refractivity contribution >= 4 is 10.9 Å². The van der Waals surface area contributed by atoms with Gasteiger partial charge in [0.25, 0.3) is 0 Å². The number of nitrogens with zero attached hydrogens (tertiary/aromatic N) is 2. The molecule has 1 aromatic heterocycles. The van der Waals surface area contributed by atoms with Crippen LogP contribution in [-0.4, -0.2) is 43.1 Å². The Kier molecular flexibility index (Phi) is 3.86. The van der Waals surface area contributed by atoms with Gasteiger partial charge in [0.05, 0.1) is 5.52 Å². The summed E-state index contributed by atoms with van der Waals surface area (Å²) in [6.45, 7) is 6.88. The van der Waals surface area contributed by atoms with Crippen molar-refractivity contribution in [2.24, 2.45) is 5.41 Å². The molecule has 1 aromatic carbocycles. The van der Waals surface area contributed by atoms with Crippen LogP contribution in [0.4, 0.5) is 0 Å². The Hall–Kier alpha value is -1.45. The molecule has 2 fully saturated rings. The van der Waals surface area contributed by atoms with Crippen LogP contribution in [0.3, 0.4) is 0 Å². The zero-order valence-corrected chi connectivity index (χ0v) is 14.3. The maximum atomic E-state index is 4.82. The number of aromatic nitrogens is 1. The van der Waals surface area contributed by atoms with Crippen LogP contribution in [0.25, 0.3) is 10.9 Å². The highest BCUT2D eigenvalue weighted by Crippen LogP contribution is 2.48. The predicted molar refractivity (Wildman–Crippen MR) is 95.9 cm³/mol. The van der Waals surface area contributed by atoms with E-state index >= 15 is 0 Å². The molecule has 3 heteroatoms. The lowest BCUT2D eigenvalue weighted by molar-refractivity contribution is 0.0588. The molecule has 1 N–H and O–H groups in total. The second kappa shape index (κ2) is 5.88. The number of para-hydroxylation sites is 1. The van der Waals surface area contributed by atoms with E-state index in [4.69, 9.17) is 4.98 Å². The van der Waals surface area contributed by atoms with Crippen molar-refractivity contribution in [3.05, 3.63) is 41.6 Å². The first-order chi connectivity index (χ1) is 11.2. The third-order valence-electron chi connectivity index (χ3n) is 6.16. The minimum Gasteiger partial charge on any atom is -0.317 e. The summed E-state index contributed by atoms with van der Waals surface area (Å²) < 4.78 is 0. The van der Waals surface area contributed by atoms with Crippen LogP contribution in [-0.2, 0) is 0 Å². The number of fused-ring (bicyclic) bond motifs is 1. The van der Waals surface area contributed by atoms with Gasteiger partial charge in [0, 0.05) is 24.0 Å². The van der Waals surface area contributed by atoms with Crippen LogP contribution >= 0.6 is 0 Å². The molecule has 1 atom stereocenters. The molecule has 2 aliphatic rings. The van der Waals surface area contributed by atoms with Gasteiger partial charge in [0.1, 0.15) is 0 Å². The van der Waals surface area contributed by atoms with Crippen molar-refractivity contribution < 1.29 is 0 Å². The highest BCUT2D eigenvalue weighted by atomic mass is 15.1. The Bertz CT molecular complexity index is 703. The van der Waals surface area contributed by atoms with Gasteiger partial charge in [-0.15, -0.1) is 0 Å². The maximum Gasteiger partial charge on any atom is 0.0731 e. The summed E-state index contributed by atoms with van der Waals surface area (Å²) >= 11 is 0. The molecular weight excluding hydrogens is 282 g/mol. The normalized spacial score (nSPS) is 25.0. The van der Waals surface area contributed by atoms with E-state index in [1.54, 1.807) is 0 Å². The van der Waals surface area contributed by atoms with Gasteiger partial charge >= 0.3 is 0 Å². The lowest BCUT2D eigenvalue weighted by atomic mass is 9.63. The van der Waals surface area contributed by atoms with E-state index in [1.807, 2.05) is 0 Å². The summed E-state index contributed by atoms with van der Waals surface area (Å²) in [5.74, 6) is 0.612. The number of nitrogens with one attached hydrogen (secondary N) is 1. The summed E-state index contributed by atoms with van der Waals surface area (Å²) in [5, 5.41) is 4.84. The number of pyridine rings is 1. The molecule has 1 unspecified atom stereocenters. The Balaban J connectivity index is 1.76.